The quantitative estimate of drug-likeness (QED) is 0.513. The molecular weight excluding hydrogens is 364 g/mol. The van der Waals surface area contributed by atoms with Gasteiger partial charge in [0.2, 0.25) is 0 Å². The van der Waals surface area contributed by atoms with Gasteiger partial charge in [0.1, 0.15) is 9.88 Å². The summed E-state index contributed by atoms with van der Waals surface area (Å²) in [6.07, 6.45) is 2.19. The van der Waals surface area contributed by atoms with Crippen molar-refractivity contribution in [1.29, 1.82) is 0 Å². The molecule has 0 atom stereocenters. The normalized spacial score (nSPS) is 13.7. The van der Waals surface area contributed by atoms with E-state index < -0.39 is 0 Å². The third-order valence-corrected chi connectivity index (χ3v) is 6.45. The molecule has 1 aromatic heterocycles. The Hall–Kier alpha value is -2.46. The van der Waals surface area contributed by atoms with Crippen LogP contribution in [0.5, 0.6) is 0 Å². The fourth-order valence-corrected chi connectivity index (χ4v) is 4.41. The predicted molar refractivity (Wildman–Crippen MR) is 116 cm³/mol. The van der Waals surface area contributed by atoms with E-state index >= 15 is 0 Å². The maximum atomic E-state index is 13.4. The molecule has 2 aromatic carbocycles. The summed E-state index contributed by atoms with van der Waals surface area (Å²) in [6, 6.07) is 19.1. The van der Waals surface area contributed by atoms with Crippen LogP contribution in [0.2, 0.25) is 0 Å². The first-order chi connectivity index (χ1) is 13.5. The van der Waals surface area contributed by atoms with Crippen molar-refractivity contribution in [2.24, 2.45) is 0 Å². The van der Waals surface area contributed by atoms with Crippen LogP contribution in [0, 0.1) is 6.92 Å². The predicted octanol–water partition coefficient (Wildman–Crippen LogP) is 6.05. The van der Waals surface area contributed by atoms with Crippen LogP contribution in [-0.4, -0.2) is 21.8 Å². The molecule has 28 heavy (non-hydrogen) atoms. The summed E-state index contributed by atoms with van der Waals surface area (Å²) in [5.74, 6) is 0.638. The van der Waals surface area contributed by atoms with Gasteiger partial charge >= 0.3 is 0 Å². The number of thiazole rings is 1. The summed E-state index contributed by atoms with van der Waals surface area (Å²) in [6.45, 7) is 7.01. The molecule has 3 nitrogen and oxygen atoms in total. The molecule has 0 unspecified atom stereocenters. The van der Waals surface area contributed by atoms with Crippen LogP contribution in [0.25, 0.3) is 10.6 Å². The van der Waals surface area contributed by atoms with Crippen molar-refractivity contribution in [3.8, 4) is 10.6 Å². The molecule has 0 aliphatic heterocycles. The molecule has 144 valence electrons. The van der Waals surface area contributed by atoms with Gasteiger partial charge in [0.05, 0.1) is 5.69 Å². The summed E-state index contributed by atoms with van der Waals surface area (Å²) < 4.78 is 0. The Morgan fingerprint density at radius 1 is 1.11 bits per heavy atom. The van der Waals surface area contributed by atoms with Crippen LogP contribution in [0.4, 0.5) is 0 Å². The van der Waals surface area contributed by atoms with E-state index in [1.54, 1.807) is 0 Å². The minimum absolute atomic E-state index is 0.118. The van der Waals surface area contributed by atoms with Crippen molar-refractivity contribution in [3.63, 3.8) is 0 Å². The lowest BCUT2D eigenvalue weighted by atomic mass is 10.0. The van der Waals surface area contributed by atoms with E-state index in [9.17, 15) is 4.79 Å². The monoisotopic (exact) mass is 390 g/mol. The maximum Gasteiger partial charge on any atom is 0.266 e. The number of rotatable bonds is 6. The van der Waals surface area contributed by atoms with Gasteiger partial charge in [-0.3, -0.25) is 4.79 Å². The van der Waals surface area contributed by atoms with Crippen LogP contribution in [0.15, 0.2) is 54.6 Å². The number of hydrogen-bond donors (Lipinski definition) is 0. The van der Waals surface area contributed by atoms with Gasteiger partial charge in [-0.25, -0.2) is 4.98 Å². The zero-order chi connectivity index (χ0) is 19.7. The number of carbonyl (C=O) groups excluding carboxylic acids is 1. The molecular formula is C24H26N2OS. The highest BCUT2D eigenvalue weighted by Gasteiger charge is 2.34. The molecule has 1 fully saturated rings. The van der Waals surface area contributed by atoms with E-state index in [2.05, 4.69) is 43.1 Å². The summed E-state index contributed by atoms with van der Waals surface area (Å²) in [4.78, 5) is 20.9. The fraction of sp³-hybridized carbons (Fsp3) is 0.333. The van der Waals surface area contributed by atoms with Crippen LogP contribution in [-0.2, 0) is 6.54 Å². The summed E-state index contributed by atoms with van der Waals surface area (Å²) in [5, 5.41) is 0.915. The molecule has 0 spiro atoms. The van der Waals surface area contributed by atoms with Gasteiger partial charge in [0.15, 0.2) is 0 Å². The van der Waals surface area contributed by atoms with E-state index in [1.807, 2.05) is 42.2 Å². The van der Waals surface area contributed by atoms with Crippen molar-refractivity contribution < 1.29 is 4.79 Å². The zero-order valence-corrected chi connectivity index (χ0v) is 17.5. The number of aromatic nitrogens is 1. The van der Waals surface area contributed by atoms with Gasteiger partial charge in [-0.2, -0.15) is 0 Å². The SMILES string of the molecule is Cc1nc(-c2ccccc2)sc1C(=O)N(Cc1ccc(C(C)C)cc1)C1CC1. The van der Waals surface area contributed by atoms with E-state index in [0.29, 0.717) is 18.5 Å². The first-order valence-corrected chi connectivity index (χ1v) is 10.8. The minimum Gasteiger partial charge on any atom is -0.331 e. The number of carbonyl (C=O) groups is 1. The highest BCUT2D eigenvalue weighted by atomic mass is 32.1. The maximum absolute atomic E-state index is 13.4. The largest absolute Gasteiger partial charge is 0.331 e. The Balaban J connectivity index is 1.57. The van der Waals surface area contributed by atoms with Gasteiger partial charge in [-0.05, 0) is 36.8 Å². The third-order valence-electron chi connectivity index (χ3n) is 5.26. The molecule has 1 amide bonds. The van der Waals surface area contributed by atoms with Crippen molar-refractivity contribution >= 4 is 17.2 Å². The second-order valence-electron chi connectivity index (χ2n) is 7.86. The molecule has 4 heteroatoms. The van der Waals surface area contributed by atoms with Crippen LogP contribution >= 0.6 is 11.3 Å². The smallest absolute Gasteiger partial charge is 0.266 e. The average Bonchev–Trinajstić information content (AvgIpc) is 3.48. The van der Waals surface area contributed by atoms with Gasteiger partial charge in [0, 0.05) is 18.2 Å². The number of benzene rings is 2. The first-order valence-electron chi connectivity index (χ1n) is 9.95. The van der Waals surface area contributed by atoms with Crippen LogP contribution < -0.4 is 0 Å². The number of hydrogen-bond acceptors (Lipinski definition) is 3. The van der Waals surface area contributed by atoms with Crippen molar-refractivity contribution in [1.82, 2.24) is 9.88 Å². The molecule has 1 aliphatic rings. The molecule has 1 heterocycles. The Bertz CT molecular complexity index is 956. The first kappa shape index (κ1) is 18.9. The highest BCUT2D eigenvalue weighted by molar-refractivity contribution is 7.17. The summed E-state index contributed by atoms with van der Waals surface area (Å²) in [7, 11) is 0. The molecule has 0 bridgehead atoms. The Morgan fingerprint density at radius 2 is 1.79 bits per heavy atom. The van der Waals surface area contributed by atoms with E-state index in [0.717, 1.165) is 34.0 Å². The lowest BCUT2D eigenvalue weighted by Gasteiger charge is -2.22. The molecule has 4 rings (SSSR count). The molecule has 0 N–H and O–H groups in total. The van der Waals surface area contributed by atoms with Crippen molar-refractivity contribution in [2.45, 2.75) is 52.1 Å². The standard InChI is InChI=1S/C24H26N2OS/c1-16(2)19-11-9-18(10-12-19)15-26(21-13-14-21)24(27)22-17(3)25-23(28-22)20-7-5-4-6-8-20/h4-12,16,21H,13-15H2,1-3H3. The van der Waals surface area contributed by atoms with E-state index in [4.69, 9.17) is 0 Å². The topological polar surface area (TPSA) is 33.2 Å². The van der Waals surface area contributed by atoms with Gasteiger partial charge in [-0.1, -0.05) is 68.4 Å². The molecule has 3 aromatic rings. The zero-order valence-electron chi connectivity index (χ0n) is 16.7. The van der Waals surface area contributed by atoms with Crippen LogP contribution in [0.3, 0.4) is 0 Å². The second kappa shape index (κ2) is 7.88. The Labute approximate surface area is 171 Å². The Morgan fingerprint density at radius 3 is 2.39 bits per heavy atom. The number of nitrogens with zero attached hydrogens (tertiary/aromatic N) is 2. The third kappa shape index (κ3) is 4.02. The number of aryl methyl sites for hydroxylation is 1. The second-order valence-corrected chi connectivity index (χ2v) is 8.86. The van der Waals surface area contributed by atoms with E-state index in [-0.39, 0.29) is 5.91 Å². The summed E-state index contributed by atoms with van der Waals surface area (Å²) in [5.41, 5.74) is 4.42. The van der Waals surface area contributed by atoms with E-state index in [1.165, 1.54) is 22.5 Å². The van der Waals surface area contributed by atoms with Crippen molar-refractivity contribution in [2.75, 3.05) is 0 Å². The number of amides is 1. The molecule has 0 saturated heterocycles. The highest BCUT2D eigenvalue weighted by Crippen LogP contribution is 2.34. The molecule has 1 saturated carbocycles. The fourth-order valence-electron chi connectivity index (χ4n) is 3.39. The minimum atomic E-state index is 0.118. The molecule has 1 aliphatic carbocycles. The molecule has 0 radical (unpaired) electrons. The van der Waals surface area contributed by atoms with Gasteiger partial charge in [-0.15, -0.1) is 11.3 Å². The Kier molecular flexibility index (Phi) is 5.31. The van der Waals surface area contributed by atoms with Crippen LogP contribution in [0.1, 0.15) is 59.1 Å². The lowest BCUT2D eigenvalue weighted by Crippen LogP contribution is -2.32. The van der Waals surface area contributed by atoms with Crippen molar-refractivity contribution in [3.05, 3.63) is 76.3 Å². The average molecular weight is 391 g/mol. The van der Waals surface area contributed by atoms with Gasteiger partial charge in [0.25, 0.3) is 5.91 Å². The van der Waals surface area contributed by atoms with Gasteiger partial charge < -0.3 is 4.90 Å². The lowest BCUT2D eigenvalue weighted by molar-refractivity contribution is 0.0734. The summed E-state index contributed by atoms with van der Waals surface area (Å²) >= 11 is 1.51.